The van der Waals surface area contributed by atoms with E-state index in [-0.39, 0.29) is 18.3 Å². The van der Waals surface area contributed by atoms with Crippen molar-refractivity contribution in [1.29, 1.82) is 0 Å². The van der Waals surface area contributed by atoms with Crippen molar-refractivity contribution in [3.05, 3.63) is 53.4 Å². The number of ether oxygens (including phenoxy) is 3. The van der Waals surface area contributed by atoms with Crippen LogP contribution in [0.15, 0.2) is 47.0 Å². The molecule has 1 unspecified atom stereocenters. The van der Waals surface area contributed by atoms with Gasteiger partial charge in [0, 0.05) is 10.6 Å². The number of hydrogen-bond donors (Lipinski definition) is 1. The normalized spacial score (nSPS) is 11.6. The summed E-state index contributed by atoms with van der Waals surface area (Å²) in [4.78, 5) is 16.5. The van der Waals surface area contributed by atoms with E-state index in [1.807, 2.05) is 0 Å². The maximum absolute atomic E-state index is 12.2. The third-order valence-corrected chi connectivity index (χ3v) is 4.24. The lowest BCUT2D eigenvalue weighted by Gasteiger charge is -2.14. The van der Waals surface area contributed by atoms with Crippen LogP contribution >= 0.6 is 11.6 Å². The molecule has 2 aromatic carbocycles. The SMILES string of the molecule is COc1ccc(-c2noc(CNC(=O)C(C)Oc3cccc(Cl)c3)n2)cc1OC. The van der Waals surface area contributed by atoms with Crippen LogP contribution in [-0.4, -0.2) is 36.4 Å². The number of methoxy groups -OCH3 is 2. The molecule has 1 atom stereocenters. The fourth-order valence-corrected chi connectivity index (χ4v) is 2.70. The Hall–Kier alpha value is -3.26. The number of amides is 1. The topological polar surface area (TPSA) is 95.7 Å². The molecule has 0 aliphatic heterocycles. The van der Waals surface area contributed by atoms with Crippen LogP contribution in [0, 0.1) is 0 Å². The fourth-order valence-electron chi connectivity index (χ4n) is 2.52. The second-order valence-corrected chi connectivity index (χ2v) is 6.45. The molecular formula is C20H20ClN3O5. The number of halogens is 1. The smallest absolute Gasteiger partial charge is 0.261 e. The molecule has 0 fully saturated rings. The van der Waals surface area contributed by atoms with Gasteiger partial charge in [0.15, 0.2) is 17.6 Å². The minimum Gasteiger partial charge on any atom is -0.493 e. The molecule has 1 heterocycles. The second-order valence-electron chi connectivity index (χ2n) is 6.02. The predicted octanol–water partition coefficient (Wildman–Crippen LogP) is 3.49. The Kier molecular flexibility index (Phi) is 6.56. The van der Waals surface area contributed by atoms with Gasteiger partial charge in [0.1, 0.15) is 5.75 Å². The van der Waals surface area contributed by atoms with Crippen molar-refractivity contribution in [2.24, 2.45) is 0 Å². The van der Waals surface area contributed by atoms with Gasteiger partial charge in [0.2, 0.25) is 11.7 Å². The molecule has 1 N–H and O–H groups in total. The van der Waals surface area contributed by atoms with Gasteiger partial charge >= 0.3 is 0 Å². The summed E-state index contributed by atoms with van der Waals surface area (Å²) in [6.07, 6.45) is -0.721. The molecule has 3 aromatic rings. The molecule has 9 heteroatoms. The van der Waals surface area contributed by atoms with Crippen LogP contribution in [0.2, 0.25) is 5.02 Å². The van der Waals surface area contributed by atoms with Crippen molar-refractivity contribution in [2.75, 3.05) is 14.2 Å². The molecule has 0 aliphatic carbocycles. The molecule has 0 spiro atoms. The summed E-state index contributed by atoms with van der Waals surface area (Å²) in [5.74, 6) is 1.97. The van der Waals surface area contributed by atoms with E-state index in [1.165, 1.54) is 0 Å². The van der Waals surface area contributed by atoms with Crippen molar-refractivity contribution < 1.29 is 23.5 Å². The summed E-state index contributed by atoms with van der Waals surface area (Å²) in [5.41, 5.74) is 0.696. The number of carbonyl (C=O) groups is 1. The van der Waals surface area contributed by atoms with Crippen LogP contribution in [0.5, 0.6) is 17.2 Å². The molecule has 0 aliphatic rings. The number of aromatic nitrogens is 2. The Balaban J connectivity index is 1.59. The van der Waals surface area contributed by atoms with Gasteiger partial charge in [-0.2, -0.15) is 4.98 Å². The van der Waals surface area contributed by atoms with E-state index in [0.717, 1.165) is 0 Å². The van der Waals surface area contributed by atoms with E-state index in [4.69, 9.17) is 30.3 Å². The number of carbonyl (C=O) groups excluding carboxylic acids is 1. The molecule has 3 rings (SSSR count). The first-order valence-electron chi connectivity index (χ1n) is 8.75. The van der Waals surface area contributed by atoms with Crippen molar-refractivity contribution in [1.82, 2.24) is 15.5 Å². The van der Waals surface area contributed by atoms with Gasteiger partial charge in [-0.25, -0.2) is 0 Å². The molecule has 1 amide bonds. The van der Waals surface area contributed by atoms with Gasteiger partial charge in [-0.1, -0.05) is 22.8 Å². The first kappa shape index (κ1) is 20.5. The molecular weight excluding hydrogens is 398 g/mol. The van der Waals surface area contributed by atoms with Crippen molar-refractivity contribution in [3.8, 4) is 28.6 Å². The zero-order valence-corrected chi connectivity index (χ0v) is 16.9. The Labute approximate surface area is 172 Å². The quantitative estimate of drug-likeness (QED) is 0.599. The first-order chi connectivity index (χ1) is 14.0. The highest BCUT2D eigenvalue weighted by Gasteiger charge is 2.17. The second kappa shape index (κ2) is 9.29. The number of rotatable bonds is 8. The Morgan fingerprint density at radius 2 is 1.97 bits per heavy atom. The Bertz CT molecular complexity index is 992. The molecule has 0 saturated heterocycles. The Morgan fingerprint density at radius 3 is 2.69 bits per heavy atom. The standard InChI is InChI=1S/C20H20ClN3O5/c1-12(28-15-6-4-5-14(21)10-15)20(25)22-11-18-23-19(24-29-18)13-7-8-16(26-2)17(9-13)27-3/h4-10,12H,11H2,1-3H3,(H,22,25). The molecule has 1 aromatic heterocycles. The van der Waals surface area contributed by atoms with Crippen molar-refractivity contribution >= 4 is 17.5 Å². The average molecular weight is 418 g/mol. The van der Waals surface area contributed by atoms with E-state index < -0.39 is 6.10 Å². The predicted molar refractivity (Wildman–Crippen MR) is 106 cm³/mol. The number of hydrogen-bond acceptors (Lipinski definition) is 7. The lowest BCUT2D eigenvalue weighted by molar-refractivity contribution is -0.127. The summed E-state index contributed by atoms with van der Waals surface area (Å²) < 4.78 is 21.3. The molecule has 0 bridgehead atoms. The van der Waals surface area contributed by atoms with Crippen LogP contribution in [0.3, 0.4) is 0 Å². The van der Waals surface area contributed by atoms with E-state index in [1.54, 1.807) is 63.6 Å². The largest absolute Gasteiger partial charge is 0.493 e. The van der Waals surface area contributed by atoms with Crippen LogP contribution in [-0.2, 0) is 11.3 Å². The highest BCUT2D eigenvalue weighted by molar-refractivity contribution is 6.30. The Morgan fingerprint density at radius 1 is 1.17 bits per heavy atom. The monoisotopic (exact) mass is 417 g/mol. The molecule has 0 saturated carbocycles. The zero-order valence-electron chi connectivity index (χ0n) is 16.1. The summed E-state index contributed by atoms with van der Waals surface area (Å²) >= 11 is 5.91. The summed E-state index contributed by atoms with van der Waals surface area (Å²) in [5, 5.41) is 7.17. The molecule has 29 heavy (non-hydrogen) atoms. The van der Waals surface area contributed by atoms with E-state index in [2.05, 4.69) is 15.5 Å². The fraction of sp³-hybridized carbons (Fsp3) is 0.250. The number of nitrogens with one attached hydrogen (secondary N) is 1. The van der Waals surface area contributed by atoms with Crippen LogP contribution in [0.1, 0.15) is 12.8 Å². The van der Waals surface area contributed by atoms with Gasteiger partial charge in [-0.3, -0.25) is 4.79 Å². The maximum Gasteiger partial charge on any atom is 0.261 e. The number of benzene rings is 2. The third-order valence-electron chi connectivity index (χ3n) is 4.00. The molecule has 152 valence electrons. The lowest BCUT2D eigenvalue weighted by Crippen LogP contribution is -2.35. The highest BCUT2D eigenvalue weighted by atomic mass is 35.5. The minimum absolute atomic E-state index is 0.0718. The summed E-state index contributed by atoms with van der Waals surface area (Å²) in [7, 11) is 3.11. The van der Waals surface area contributed by atoms with Crippen molar-refractivity contribution in [3.63, 3.8) is 0 Å². The number of nitrogens with zero attached hydrogens (tertiary/aromatic N) is 2. The summed E-state index contributed by atoms with van der Waals surface area (Å²) in [6.45, 7) is 1.71. The minimum atomic E-state index is -0.721. The van der Waals surface area contributed by atoms with E-state index in [9.17, 15) is 4.79 Å². The zero-order chi connectivity index (χ0) is 20.8. The van der Waals surface area contributed by atoms with Gasteiger partial charge in [-0.05, 0) is 43.3 Å². The molecule has 8 nitrogen and oxygen atoms in total. The first-order valence-corrected chi connectivity index (χ1v) is 9.13. The van der Waals surface area contributed by atoms with Crippen LogP contribution in [0.25, 0.3) is 11.4 Å². The van der Waals surface area contributed by atoms with Crippen molar-refractivity contribution in [2.45, 2.75) is 19.6 Å². The van der Waals surface area contributed by atoms with Crippen LogP contribution in [0.4, 0.5) is 0 Å². The van der Waals surface area contributed by atoms with E-state index in [0.29, 0.717) is 33.7 Å². The van der Waals surface area contributed by atoms with Gasteiger partial charge in [0.05, 0.1) is 20.8 Å². The third kappa shape index (κ3) is 5.17. The van der Waals surface area contributed by atoms with Gasteiger partial charge < -0.3 is 24.1 Å². The van der Waals surface area contributed by atoms with Gasteiger partial charge in [-0.15, -0.1) is 0 Å². The van der Waals surface area contributed by atoms with E-state index >= 15 is 0 Å². The van der Waals surface area contributed by atoms with Gasteiger partial charge in [0.25, 0.3) is 5.91 Å². The summed E-state index contributed by atoms with van der Waals surface area (Å²) in [6, 6.07) is 12.1. The average Bonchev–Trinajstić information content (AvgIpc) is 3.20. The maximum atomic E-state index is 12.2. The van der Waals surface area contributed by atoms with Crippen LogP contribution < -0.4 is 19.5 Å². The lowest BCUT2D eigenvalue weighted by atomic mass is 10.2. The molecule has 0 radical (unpaired) electrons. The highest BCUT2D eigenvalue weighted by Crippen LogP contribution is 2.31.